The zero-order valence-electron chi connectivity index (χ0n) is 16.6. The van der Waals surface area contributed by atoms with Crippen LogP contribution < -0.4 is 10.6 Å². The summed E-state index contributed by atoms with van der Waals surface area (Å²) >= 11 is 0. The monoisotopic (exact) mass is 384 g/mol. The molecule has 1 unspecified atom stereocenters. The summed E-state index contributed by atoms with van der Waals surface area (Å²) in [5.74, 6) is -0.732. The number of carbonyl (C=O) groups excluding carboxylic acids is 3. The van der Waals surface area contributed by atoms with Crippen LogP contribution in [0.3, 0.4) is 0 Å². The fourth-order valence-corrected chi connectivity index (χ4v) is 4.50. The number of amides is 3. The van der Waals surface area contributed by atoms with Gasteiger partial charge in [-0.05, 0) is 50.4 Å². The second-order valence-electron chi connectivity index (χ2n) is 8.61. The number of nitrogens with zero attached hydrogens (tertiary/aromatic N) is 2. The van der Waals surface area contributed by atoms with Gasteiger partial charge >= 0.3 is 0 Å². The van der Waals surface area contributed by atoms with Gasteiger partial charge in [0.2, 0.25) is 11.8 Å². The zero-order chi connectivity index (χ0) is 19.9. The smallest absolute Gasteiger partial charge is 0.255 e. The molecule has 7 nitrogen and oxygen atoms in total. The summed E-state index contributed by atoms with van der Waals surface area (Å²) in [7, 11) is 0. The van der Waals surface area contributed by atoms with E-state index in [4.69, 9.17) is 0 Å². The summed E-state index contributed by atoms with van der Waals surface area (Å²) in [5.41, 5.74) is 2.89. The minimum atomic E-state index is -0.565. The van der Waals surface area contributed by atoms with Crippen molar-refractivity contribution in [1.82, 2.24) is 20.4 Å². The molecule has 2 saturated heterocycles. The van der Waals surface area contributed by atoms with Crippen LogP contribution in [0, 0.1) is 0 Å². The summed E-state index contributed by atoms with van der Waals surface area (Å²) in [6, 6.07) is 5.31. The van der Waals surface area contributed by atoms with Gasteiger partial charge in [0, 0.05) is 43.7 Å². The van der Waals surface area contributed by atoms with Crippen LogP contribution in [0.15, 0.2) is 18.2 Å². The molecule has 3 amide bonds. The minimum absolute atomic E-state index is 0.0329. The maximum atomic E-state index is 13.0. The van der Waals surface area contributed by atoms with Crippen molar-refractivity contribution in [2.75, 3.05) is 19.6 Å². The second kappa shape index (κ2) is 7.29. The fourth-order valence-electron chi connectivity index (χ4n) is 4.50. The molecule has 2 N–H and O–H groups in total. The molecular formula is C21H28N4O3. The number of hydrogen-bond acceptors (Lipinski definition) is 5. The van der Waals surface area contributed by atoms with E-state index in [1.165, 1.54) is 0 Å². The second-order valence-corrected chi connectivity index (χ2v) is 8.61. The maximum absolute atomic E-state index is 13.0. The van der Waals surface area contributed by atoms with Crippen LogP contribution in [0.4, 0.5) is 0 Å². The Morgan fingerprint density at radius 2 is 2.04 bits per heavy atom. The Morgan fingerprint density at radius 3 is 2.82 bits per heavy atom. The van der Waals surface area contributed by atoms with Gasteiger partial charge in [0.1, 0.15) is 6.04 Å². The van der Waals surface area contributed by atoms with Crippen LogP contribution >= 0.6 is 0 Å². The number of nitrogens with one attached hydrogen (secondary N) is 2. The summed E-state index contributed by atoms with van der Waals surface area (Å²) < 4.78 is 0. The number of rotatable bonds is 3. The lowest BCUT2D eigenvalue weighted by Gasteiger charge is -2.37. The normalized spacial score (nSPS) is 25.4. The van der Waals surface area contributed by atoms with Crippen molar-refractivity contribution in [3.05, 3.63) is 34.9 Å². The molecule has 1 atom stereocenters. The van der Waals surface area contributed by atoms with Gasteiger partial charge in [0.05, 0.1) is 0 Å². The molecule has 0 radical (unpaired) electrons. The van der Waals surface area contributed by atoms with E-state index >= 15 is 0 Å². The first kappa shape index (κ1) is 19.1. The largest absolute Gasteiger partial charge is 0.322 e. The lowest BCUT2D eigenvalue weighted by Crippen LogP contribution is -2.52. The molecule has 2 fully saturated rings. The van der Waals surface area contributed by atoms with Crippen LogP contribution in [0.5, 0.6) is 0 Å². The molecule has 4 rings (SSSR count). The highest BCUT2D eigenvalue weighted by Crippen LogP contribution is 2.31. The van der Waals surface area contributed by atoms with Gasteiger partial charge in [0.15, 0.2) is 0 Å². The van der Waals surface area contributed by atoms with Gasteiger partial charge in [0.25, 0.3) is 5.91 Å². The van der Waals surface area contributed by atoms with Gasteiger partial charge in [-0.3, -0.25) is 24.6 Å². The number of hydrogen-bond donors (Lipinski definition) is 2. The molecule has 3 aliphatic rings. The molecule has 0 bridgehead atoms. The third-order valence-corrected chi connectivity index (χ3v) is 6.24. The average Bonchev–Trinajstić information content (AvgIpc) is 2.88. The molecule has 0 saturated carbocycles. The predicted molar refractivity (Wildman–Crippen MR) is 104 cm³/mol. The van der Waals surface area contributed by atoms with E-state index in [1.54, 1.807) is 4.90 Å². The Balaban J connectivity index is 1.58. The van der Waals surface area contributed by atoms with Crippen molar-refractivity contribution >= 4 is 17.7 Å². The number of piperidine rings is 1. The zero-order valence-corrected chi connectivity index (χ0v) is 16.6. The summed E-state index contributed by atoms with van der Waals surface area (Å²) in [4.78, 5) is 40.8. The number of fused-ring (bicyclic) bond motifs is 1. The first-order valence-corrected chi connectivity index (χ1v) is 10.1. The molecule has 1 aromatic rings. The Bertz CT molecular complexity index is 820. The Morgan fingerprint density at radius 1 is 1.21 bits per heavy atom. The van der Waals surface area contributed by atoms with Crippen LogP contribution in [0.1, 0.15) is 54.6 Å². The van der Waals surface area contributed by atoms with E-state index in [0.29, 0.717) is 18.5 Å². The minimum Gasteiger partial charge on any atom is -0.322 e. The molecule has 150 valence electrons. The molecule has 0 aliphatic carbocycles. The van der Waals surface area contributed by atoms with Crippen molar-refractivity contribution in [3.63, 3.8) is 0 Å². The lowest BCUT2D eigenvalue weighted by molar-refractivity contribution is -0.136. The standard InChI is InChI=1S/C21H28N4O3/c1-21(2)13-22-9-4-10-24(21)11-14-5-3-6-15-16(14)12-25(20(15)28)17-7-8-18(26)23-19(17)27/h3,5-6,17,22H,4,7-13H2,1-2H3,(H,23,26,27). The molecule has 1 aromatic carbocycles. The van der Waals surface area contributed by atoms with Crippen molar-refractivity contribution in [2.24, 2.45) is 0 Å². The van der Waals surface area contributed by atoms with E-state index in [2.05, 4.69) is 35.4 Å². The van der Waals surface area contributed by atoms with Crippen molar-refractivity contribution in [3.8, 4) is 0 Å². The van der Waals surface area contributed by atoms with Crippen LogP contribution in [-0.4, -0.2) is 58.7 Å². The quantitative estimate of drug-likeness (QED) is 0.761. The average molecular weight is 384 g/mol. The summed E-state index contributed by atoms with van der Waals surface area (Å²) in [6.45, 7) is 8.68. The van der Waals surface area contributed by atoms with Crippen LogP contribution in [0.25, 0.3) is 0 Å². The molecule has 0 aromatic heterocycles. The lowest BCUT2D eigenvalue weighted by atomic mass is 9.98. The molecule has 7 heteroatoms. The first-order chi connectivity index (χ1) is 13.4. The molecule has 28 heavy (non-hydrogen) atoms. The number of carbonyl (C=O) groups is 3. The topological polar surface area (TPSA) is 81.8 Å². The number of benzene rings is 1. The third kappa shape index (κ3) is 3.44. The van der Waals surface area contributed by atoms with Crippen LogP contribution in [-0.2, 0) is 22.7 Å². The molecular weight excluding hydrogens is 356 g/mol. The highest BCUT2D eigenvalue weighted by atomic mass is 16.2. The summed E-state index contributed by atoms with van der Waals surface area (Å²) in [6.07, 6.45) is 1.77. The number of imide groups is 1. The Labute approximate surface area is 165 Å². The third-order valence-electron chi connectivity index (χ3n) is 6.24. The van der Waals surface area contributed by atoms with E-state index in [1.807, 2.05) is 12.1 Å². The first-order valence-electron chi connectivity index (χ1n) is 10.1. The van der Waals surface area contributed by atoms with E-state index in [0.717, 1.165) is 43.7 Å². The van der Waals surface area contributed by atoms with Crippen molar-refractivity contribution < 1.29 is 14.4 Å². The van der Waals surface area contributed by atoms with Gasteiger partial charge in [-0.2, -0.15) is 0 Å². The van der Waals surface area contributed by atoms with Gasteiger partial charge in [-0.25, -0.2) is 0 Å². The van der Waals surface area contributed by atoms with Gasteiger partial charge in [-0.1, -0.05) is 12.1 Å². The van der Waals surface area contributed by atoms with Crippen molar-refractivity contribution in [1.29, 1.82) is 0 Å². The van der Waals surface area contributed by atoms with E-state index < -0.39 is 6.04 Å². The summed E-state index contributed by atoms with van der Waals surface area (Å²) in [5, 5.41) is 5.86. The van der Waals surface area contributed by atoms with Gasteiger partial charge < -0.3 is 10.2 Å². The van der Waals surface area contributed by atoms with Crippen molar-refractivity contribution in [2.45, 2.75) is 57.8 Å². The van der Waals surface area contributed by atoms with Crippen LogP contribution in [0.2, 0.25) is 0 Å². The van der Waals surface area contributed by atoms with E-state index in [9.17, 15) is 14.4 Å². The van der Waals surface area contributed by atoms with Gasteiger partial charge in [-0.15, -0.1) is 0 Å². The maximum Gasteiger partial charge on any atom is 0.255 e. The SMILES string of the molecule is CC1(C)CNCCCN1Cc1cccc2c1CN(C1CCC(=O)NC1=O)C2=O. The highest BCUT2D eigenvalue weighted by Gasteiger charge is 2.40. The highest BCUT2D eigenvalue weighted by molar-refractivity contribution is 6.05. The molecule has 0 spiro atoms. The Kier molecular flexibility index (Phi) is 4.97. The Hall–Kier alpha value is -2.25. The predicted octanol–water partition coefficient (Wildman–Crippen LogP) is 1.02. The molecule has 3 aliphatic heterocycles. The molecule has 3 heterocycles. The fraction of sp³-hybridized carbons (Fsp3) is 0.571. The van der Waals surface area contributed by atoms with E-state index in [-0.39, 0.29) is 29.7 Å².